The third kappa shape index (κ3) is 5.34. The van der Waals surface area contributed by atoms with Crippen LogP contribution in [0.25, 0.3) is 0 Å². The molecule has 0 N–H and O–H groups in total. The maximum Gasteiger partial charge on any atom is 0.0412 e. The van der Waals surface area contributed by atoms with Gasteiger partial charge in [-0.3, -0.25) is 4.98 Å². The summed E-state index contributed by atoms with van der Waals surface area (Å²) in [5, 5.41) is 0. The minimum Gasteiger partial charge on any atom is -0.258 e. The zero-order valence-electron chi connectivity index (χ0n) is 12.3. The van der Waals surface area contributed by atoms with E-state index in [2.05, 4.69) is 59.7 Å². The van der Waals surface area contributed by atoms with Crippen LogP contribution in [-0.4, -0.2) is 4.98 Å². The van der Waals surface area contributed by atoms with Crippen LogP contribution in [0.5, 0.6) is 0 Å². The number of aromatic nitrogens is 1. The Morgan fingerprint density at radius 1 is 0.941 bits per heavy atom. The van der Waals surface area contributed by atoms with Gasteiger partial charge in [-0.05, 0) is 35.8 Å². The van der Waals surface area contributed by atoms with Crippen molar-refractivity contribution in [3.63, 3.8) is 0 Å². The van der Waals surface area contributed by atoms with Gasteiger partial charge in [-0.25, -0.2) is 0 Å². The number of hydrogen-bond donors (Lipinski definition) is 0. The van der Waals surface area contributed by atoms with E-state index in [0.717, 1.165) is 12.8 Å². The molecule has 0 spiro atoms. The van der Waals surface area contributed by atoms with Crippen molar-refractivity contribution in [2.24, 2.45) is 10.8 Å². The van der Waals surface area contributed by atoms with Gasteiger partial charge in [-0.2, -0.15) is 0 Å². The fraction of sp³-hybridized carbons (Fsp3) is 0.688. The predicted molar refractivity (Wildman–Crippen MR) is 75.2 cm³/mol. The molecule has 0 amide bonds. The van der Waals surface area contributed by atoms with Crippen molar-refractivity contribution in [1.82, 2.24) is 4.98 Å². The highest BCUT2D eigenvalue weighted by Gasteiger charge is 2.17. The molecule has 0 saturated heterocycles. The van der Waals surface area contributed by atoms with Crippen molar-refractivity contribution in [2.45, 2.75) is 60.8 Å². The molecule has 1 rings (SSSR count). The smallest absolute Gasteiger partial charge is 0.0412 e. The van der Waals surface area contributed by atoms with Crippen LogP contribution in [0.2, 0.25) is 0 Å². The maximum absolute atomic E-state index is 4.79. The summed E-state index contributed by atoms with van der Waals surface area (Å²) in [7, 11) is 0. The molecule has 96 valence electrons. The van der Waals surface area contributed by atoms with Crippen LogP contribution in [0, 0.1) is 10.8 Å². The second kappa shape index (κ2) is 5.20. The Morgan fingerprint density at radius 2 is 1.47 bits per heavy atom. The summed E-state index contributed by atoms with van der Waals surface area (Å²) in [6.45, 7) is 13.7. The highest BCUT2D eigenvalue weighted by atomic mass is 14.7. The van der Waals surface area contributed by atoms with Crippen LogP contribution in [0.15, 0.2) is 18.2 Å². The van der Waals surface area contributed by atoms with Crippen molar-refractivity contribution >= 4 is 0 Å². The zero-order chi connectivity index (χ0) is 13.1. The lowest BCUT2D eigenvalue weighted by Crippen LogP contribution is -2.16. The third-order valence-electron chi connectivity index (χ3n) is 3.19. The predicted octanol–water partition coefficient (Wildman–Crippen LogP) is 4.65. The summed E-state index contributed by atoms with van der Waals surface area (Å²) < 4.78 is 0. The monoisotopic (exact) mass is 233 g/mol. The van der Waals surface area contributed by atoms with Crippen LogP contribution < -0.4 is 0 Å². The molecule has 1 heteroatoms. The van der Waals surface area contributed by atoms with E-state index < -0.39 is 0 Å². The average molecular weight is 233 g/mol. The highest BCUT2D eigenvalue weighted by Crippen LogP contribution is 2.25. The van der Waals surface area contributed by atoms with Crippen molar-refractivity contribution in [3.8, 4) is 0 Å². The van der Waals surface area contributed by atoms with Crippen molar-refractivity contribution in [3.05, 3.63) is 29.6 Å². The van der Waals surface area contributed by atoms with Gasteiger partial charge in [0.05, 0.1) is 0 Å². The minimum absolute atomic E-state index is 0.311. The Balaban J connectivity index is 2.80. The van der Waals surface area contributed by atoms with Crippen molar-refractivity contribution in [1.29, 1.82) is 0 Å². The van der Waals surface area contributed by atoms with E-state index in [4.69, 9.17) is 4.98 Å². The second-order valence-corrected chi connectivity index (χ2v) is 7.05. The van der Waals surface area contributed by atoms with Crippen LogP contribution >= 0.6 is 0 Å². The highest BCUT2D eigenvalue weighted by molar-refractivity contribution is 5.13. The number of rotatable bonds is 4. The van der Waals surface area contributed by atoms with Gasteiger partial charge in [0, 0.05) is 11.4 Å². The van der Waals surface area contributed by atoms with E-state index in [0.29, 0.717) is 10.8 Å². The summed E-state index contributed by atoms with van der Waals surface area (Å²) in [5.41, 5.74) is 3.12. The molecule has 0 atom stereocenters. The van der Waals surface area contributed by atoms with Crippen molar-refractivity contribution < 1.29 is 0 Å². The fourth-order valence-electron chi connectivity index (χ4n) is 1.88. The zero-order valence-corrected chi connectivity index (χ0v) is 12.3. The Kier molecular flexibility index (Phi) is 4.35. The number of nitrogens with zero attached hydrogens (tertiary/aromatic N) is 1. The topological polar surface area (TPSA) is 12.9 Å². The van der Waals surface area contributed by atoms with Crippen LogP contribution in [0.3, 0.4) is 0 Å². The summed E-state index contributed by atoms with van der Waals surface area (Å²) in [6, 6.07) is 6.45. The molecule has 0 unspecified atom stereocenters. The van der Waals surface area contributed by atoms with Gasteiger partial charge in [0.15, 0.2) is 0 Å². The molecule has 0 saturated carbocycles. The molecule has 1 aromatic rings. The molecule has 0 aromatic carbocycles. The number of hydrogen-bond acceptors (Lipinski definition) is 1. The summed E-state index contributed by atoms with van der Waals surface area (Å²) >= 11 is 0. The van der Waals surface area contributed by atoms with Crippen molar-refractivity contribution in [2.75, 3.05) is 0 Å². The van der Waals surface area contributed by atoms with Gasteiger partial charge in [0.2, 0.25) is 0 Å². The summed E-state index contributed by atoms with van der Waals surface area (Å²) in [5.74, 6) is 0. The van der Waals surface area contributed by atoms with E-state index >= 15 is 0 Å². The Bertz CT molecular complexity index is 358. The molecule has 1 heterocycles. The lowest BCUT2D eigenvalue weighted by molar-refractivity contribution is 0.344. The maximum atomic E-state index is 4.79. The first-order chi connectivity index (χ1) is 7.72. The van der Waals surface area contributed by atoms with Gasteiger partial charge in [-0.15, -0.1) is 0 Å². The molecule has 0 bridgehead atoms. The molecule has 17 heavy (non-hydrogen) atoms. The molecule has 0 aliphatic heterocycles. The molecule has 1 nitrogen and oxygen atoms in total. The third-order valence-corrected chi connectivity index (χ3v) is 3.19. The molecular weight excluding hydrogens is 206 g/mol. The second-order valence-electron chi connectivity index (χ2n) is 7.05. The lowest BCUT2D eigenvalue weighted by Gasteiger charge is -2.23. The average Bonchev–Trinajstić information content (AvgIpc) is 2.14. The Morgan fingerprint density at radius 3 is 1.94 bits per heavy atom. The van der Waals surface area contributed by atoms with E-state index in [1.807, 2.05) is 0 Å². The first-order valence-electron chi connectivity index (χ1n) is 6.67. The normalized spacial score (nSPS) is 12.8. The van der Waals surface area contributed by atoms with Gasteiger partial charge in [0.25, 0.3) is 0 Å². The molecular formula is C16H27N. The fourth-order valence-corrected chi connectivity index (χ4v) is 1.88. The molecule has 0 radical (unpaired) electrons. The molecule has 0 aliphatic rings. The first-order valence-corrected chi connectivity index (χ1v) is 6.67. The number of pyridine rings is 1. The lowest BCUT2D eigenvalue weighted by atomic mass is 9.85. The van der Waals surface area contributed by atoms with Gasteiger partial charge >= 0.3 is 0 Å². The summed E-state index contributed by atoms with van der Waals surface area (Å²) in [4.78, 5) is 4.79. The Labute approximate surface area is 107 Å². The minimum atomic E-state index is 0.311. The quantitative estimate of drug-likeness (QED) is 0.737. The van der Waals surface area contributed by atoms with Crippen LogP contribution in [0.4, 0.5) is 0 Å². The molecule has 0 fully saturated rings. The Hall–Kier alpha value is -0.850. The largest absolute Gasteiger partial charge is 0.258 e. The van der Waals surface area contributed by atoms with Crippen LogP contribution in [0.1, 0.15) is 59.4 Å². The first kappa shape index (κ1) is 14.2. The standard InChI is InChI=1S/C16H27N/c1-7-16(5,6)12-14-10-8-9-13(17-14)11-15(2,3)4/h8-10H,7,11-12H2,1-6H3. The van der Waals surface area contributed by atoms with Gasteiger partial charge in [0.1, 0.15) is 0 Å². The van der Waals surface area contributed by atoms with E-state index in [-0.39, 0.29) is 0 Å². The van der Waals surface area contributed by atoms with Gasteiger partial charge < -0.3 is 0 Å². The van der Waals surface area contributed by atoms with Gasteiger partial charge in [-0.1, -0.05) is 54.0 Å². The van der Waals surface area contributed by atoms with E-state index in [1.165, 1.54) is 17.8 Å². The van der Waals surface area contributed by atoms with E-state index in [9.17, 15) is 0 Å². The van der Waals surface area contributed by atoms with Crippen LogP contribution in [-0.2, 0) is 12.8 Å². The molecule has 0 aliphatic carbocycles. The molecule has 1 aromatic heterocycles. The van der Waals surface area contributed by atoms with E-state index in [1.54, 1.807) is 0 Å². The summed E-state index contributed by atoms with van der Waals surface area (Å²) in [6.07, 6.45) is 3.31. The SMILES string of the molecule is CCC(C)(C)Cc1cccc(CC(C)(C)C)n1.